The van der Waals surface area contributed by atoms with Crippen LogP contribution in [0.4, 0.5) is 28.4 Å². The number of fused-ring (bicyclic) bond motifs is 1. The highest BCUT2D eigenvalue weighted by Crippen LogP contribution is 2.34. The standard InChI is InChI=1S/C38H28N10O13S3/c1-20-33(44-40-23-10-12-26(13-11-23)62(53,54)55)38(52)48(47-20)25-9-5-8-24(18-25)41-45-34-30(49)15-14-28(36(34)50)42-43-29-19-27(63(56,57)58)16-21-17-31(64(59,60)61)35(37(51)32(21)29)46-39-22-6-3-2-4-7-22/h2-19,33,39,41,43H,1H3,(H,53,54,55)(H,56,57,58)(H,59,60,61)/b42-28+,44-40?,45-34-,46-35-. The molecule has 23 nitrogen and oxygen atoms in total. The number of nitrogens with zero attached hydrogens (tertiary/aromatic N) is 7. The molecular formula is C38H28N10O13S3. The highest BCUT2D eigenvalue weighted by molar-refractivity contribution is 7.91. The van der Waals surface area contributed by atoms with Gasteiger partial charge in [0.25, 0.3) is 36.3 Å². The Labute approximate surface area is 360 Å². The Balaban J connectivity index is 1.17. The Bertz CT molecular complexity index is 3500. The summed E-state index contributed by atoms with van der Waals surface area (Å²) in [7, 11) is -14.6. The van der Waals surface area contributed by atoms with Crippen LogP contribution in [0.3, 0.4) is 0 Å². The van der Waals surface area contributed by atoms with Crippen LogP contribution in [0, 0.1) is 0 Å². The van der Waals surface area contributed by atoms with Crippen LogP contribution in [0.25, 0.3) is 6.08 Å². The van der Waals surface area contributed by atoms with Crippen molar-refractivity contribution in [3.8, 4) is 0 Å². The maximum atomic E-state index is 13.9. The van der Waals surface area contributed by atoms with Crippen molar-refractivity contribution in [3.63, 3.8) is 0 Å². The molecule has 0 bridgehead atoms. The Hall–Kier alpha value is -7.75. The second-order valence-corrected chi connectivity index (χ2v) is 17.6. The molecule has 5 aromatic carbocycles. The van der Waals surface area contributed by atoms with Crippen molar-refractivity contribution >= 4 is 88.0 Å². The predicted octanol–water partition coefficient (Wildman–Crippen LogP) is 2.40. The summed E-state index contributed by atoms with van der Waals surface area (Å²) < 4.78 is 101. The first-order valence-corrected chi connectivity index (χ1v) is 22.2. The van der Waals surface area contributed by atoms with Crippen molar-refractivity contribution in [1.82, 2.24) is 0 Å². The Kier molecular flexibility index (Phi) is 11.9. The Morgan fingerprint density at radius 2 is 1.34 bits per heavy atom. The molecule has 0 spiro atoms. The van der Waals surface area contributed by atoms with Crippen LogP contribution >= 0.6 is 0 Å². The van der Waals surface area contributed by atoms with E-state index in [1.165, 1.54) is 55.5 Å². The zero-order valence-electron chi connectivity index (χ0n) is 32.2. The van der Waals surface area contributed by atoms with Crippen molar-refractivity contribution in [1.29, 1.82) is 0 Å². The molecule has 7 rings (SSSR count). The highest BCUT2D eigenvalue weighted by atomic mass is 32.2. The number of ketones is 1. The monoisotopic (exact) mass is 928 g/mol. The van der Waals surface area contributed by atoms with Gasteiger partial charge in [-0.15, -0.1) is 0 Å². The molecule has 1 aliphatic carbocycles. The summed E-state index contributed by atoms with van der Waals surface area (Å²) in [6.07, 6.45) is 0.747. The minimum atomic E-state index is -5.16. The van der Waals surface area contributed by atoms with E-state index in [0.717, 1.165) is 47.5 Å². The van der Waals surface area contributed by atoms with Crippen molar-refractivity contribution in [3.05, 3.63) is 150 Å². The van der Waals surface area contributed by atoms with Crippen LogP contribution < -0.4 is 42.9 Å². The van der Waals surface area contributed by atoms with E-state index >= 15 is 0 Å². The van der Waals surface area contributed by atoms with Gasteiger partial charge in [0.2, 0.25) is 16.6 Å². The molecule has 0 radical (unpaired) electrons. The summed E-state index contributed by atoms with van der Waals surface area (Å²) >= 11 is 0. The summed E-state index contributed by atoms with van der Waals surface area (Å²) in [5, 5.41) is 23.9. The van der Waals surface area contributed by atoms with Crippen LogP contribution in [0.1, 0.15) is 22.8 Å². The first-order chi connectivity index (χ1) is 30.2. The van der Waals surface area contributed by atoms with Gasteiger partial charge in [0.1, 0.15) is 10.3 Å². The number of Topliss-reactive ketones (excluding diaryl/α,β-unsaturated/α-hetero) is 1. The van der Waals surface area contributed by atoms with Crippen LogP contribution in [-0.2, 0) is 35.1 Å². The second-order valence-electron chi connectivity index (χ2n) is 13.4. The number of anilines is 4. The molecule has 0 fully saturated rings. The van der Waals surface area contributed by atoms with E-state index in [1.807, 2.05) is 0 Å². The number of allylic oxidation sites excluding steroid dienone is 1. The minimum Gasteiger partial charge on any atom is -0.287 e. The lowest BCUT2D eigenvalue weighted by atomic mass is 9.93. The third-order valence-corrected chi connectivity index (χ3v) is 11.6. The number of carbonyl (C=O) groups is 2. The number of hydrazone groups is 2. The van der Waals surface area contributed by atoms with Gasteiger partial charge in [-0.25, -0.2) is 0 Å². The number of hydrogen-bond donors (Lipinski definition) is 6. The lowest BCUT2D eigenvalue weighted by Crippen LogP contribution is -2.48. The van der Waals surface area contributed by atoms with Gasteiger partial charge >= 0.3 is 0 Å². The van der Waals surface area contributed by atoms with Crippen LogP contribution in [0.15, 0.2) is 158 Å². The maximum Gasteiger partial charge on any atom is 0.296 e. The van der Waals surface area contributed by atoms with Crippen molar-refractivity contribution < 1.29 is 48.5 Å². The summed E-state index contributed by atoms with van der Waals surface area (Å²) in [6.45, 7) is 1.53. The average Bonchev–Trinajstić information content (AvgIpc) is 3.53. The summed E-state index contributed by atoms with van der Waals surface area (Å²) in [4.78, 5) is 51.4. The normalized spacial score (nSPS) is 16.8. The molecule has 64 heavy (non-hydrogen) atoms. The van der Waals surface area contributed by atoms with Gasteiger partial charge in [0.15, 0.2) is 17.1 Å². The Morgan fingerprint density at radius 3 is 2.02 bits per heavy atom. The van der Waals surface area contributed by atoms with E-state index < -0.39 is 102 Å². The molecule has 1 amide bonds. The zero-order valence-corrected chi connectivity index (χ0v) is 34.7. The minimum absolute atomic E-state index is 0.171. The predicted molar refractivity (Wildman–Crippen MR) is 229 cm³/mol. The van der Waals surface area contributed by atoms with Gasteiger partial charge < -0.3 is 0 Å². The van der Waals surface area contributed by atoms with E-state index in [1.54, 1.807) is 18.2 Å². The molecule has 1 heterocycles. The molecule has 0 saturated carbocycles. The fraction of sp³-hybridized carbons (Fsp3) is 0.0526. The molecule has 1 unspecified atom stereocenters. The fourth-order valence-corrected chi connectivity index (χ4v) is 7.67. The summed E-state index contributed by atoms with van der Waals surface area (Å²) in [6, 6.07) is 21.0. The molecule has 326 valence electrons. The number of hydrogen-bond acceptors (Lipinski definition) is 19. The maximum absolute atomic E-state index is 13.9. The number of rotatable bonds is 12. The third-order valence-electron chi connectivity index (χ3n) is 9.03. The molecule has 0 saturated heterocycles. The molecule has 6 N–H and O–H groups in total. The van der Waals surface area contributed by atoms with E-state index in [-0.39, 0.29) is 27.7 Å². The van der Waals surface area contributed by atoms with Crippen LogP contribution in [0.5, 0.6) is 0 Å². The average molecular weight is 929 g/mol. The lowest BCUT2D eigenvalue weighted by Gasteiger charge is -2.19. The van der Waals surface area contributed by atoms with Crippen molar-refractivity contribution in [2.24, 2.45) is 30.6 Å². The highest BCUT2D eigenvalue weighted by Gasteiger charge is 2.37. The quantitative estimate of drug-likeness (QED) is 0.0594. The van der Waals surface area contributed by atoms with Gasteiger partial charge in [0, 0.05) is 0 Å². The molecule has 2 aliphatic rings. The summed E-state index contributed by atoms with van der Waals surface area (Å²) in [5.74, 6) is -1.77. The number of amides is 1. The number of carbonyl (C=O) groups excluding carboxylic acids is 2. The molecule has 1 atom stereocenters. The molecule has 1 aliphatic heterocycles. The van der Waals surface area contributed by atoms with Gasteiger partial charge in [0.05, 0.1) is 49.5 Å². The molecule has 0 aromatic heterocycles. The van der Waals surface area contributed by atoms with E-state index in [0.29, 0.717) is 5.69 Å². The van der Waals surface area contributed by atoms with E-state index in [4.69, 9.17) is 0 Å². The van der Waals surface area contributed by atoms with Crippen LogP contribution in [0.2, 0.25) is 0 Å². The molecule has 26 heteroatoms. The lowest BCUT2D eigenvalue weighted by molar-refractivity contribution is -0.117. The van der Waals surface area contributed by atoms with Crippen LogP contribution in [-0.4, -0.2) is 68.1 Å². The first kappa shape index (κ1) is 44.3. The topological polar surface area (TPSA) is 345 Å². The van der Waals surface area contributed by atoms with Crippen molar-refractivity contribution in [2.45, 2.75) is 22.8 Å². The fourth-order valence-electron chi connectivity index (χ4n) is 5.98. The van der Waals surface area contributed by atoms with Gasteiger partial charge in [-0.2, -0.15) is 60.9 Å². The number of benzene rings is 5. The van der Waals surface area contributed by atoms with E-state index in [2.05, 4.69) is 46.9 Å². The van der Waals surface area contributed by atoms with Gasteiger partial charge in [-0.05, 0) is 97.4 Å². The second kappa shape index (κ2) is 17.2. The Morgan fingerprint density at radius 1 is 0.672 bits per heavy atom. The zero-order chi connectivity index (χ0) is 46.1. The SMILES string of the molecule is CC1=NN(c2cccc(N/N=c3/c(=O)cc/c(=N\Nc4cc(S(=O)(=O)O)cc5c4C(=O)/C(=N\Nc4ccccc4)C(S(=O)(=O)O)=C5)c3=O)c2)C(=O)C1N=Nc1ccc(S(=O)(=O)O)cc1. The number of nitrogens with one attached hydrogen (secondary N) is 3. The molecule has 5 aromatic rings. The molecular weight excluding hydrogens is 901 g/mol. The smallest absolute Gasteiger partial charge is 0.287 e. The van der Waals surface area contributed by atoms with E-state index in [9.17, 15) is 58.1 Å². The van der Waals surface area contributed by atoms with Crippen molar-refractivity contribution in [2.75, 3.05) is 21.3 Å². The summed E-state index contributed by atoms with van der Waals surface area (Å²) in [5.41, 5.74) is 4.53. The third kappa shape index (κ3) is 9.50. The number of azo groups is 1. The van der Waals surface area contributed by atoms with Gasteiger partial charge in [-0.3, -0.25) is 49.1 Å². The van der Waals surface area contributed by atoms with Gasteiger partial charge in [-0.1, -0.05) is 24.3 Å². The largest absolute Gasteiger partial charge is 0.296 e. The number of para-hydroxylation sites is 1. The first-order valence-electron chi connectivity index (χ1n) is 17.9.